The Labute approximate surface area is 121 Å². The van der Waals surface area contributed by atoms with Crippen LogP contribution in [0.1, 0.15) is 28.7 Å². The lowest BCUT2D eigenvalue weighted by Crippen LogP contribution is -2.19. The van der Waals surface area contributed by atoms with E-state index in [0.29, 0.717) is 11.5 Å². The molecule has 2 aromatic rings. The number of hydrogen-bond donors (Lipinski definition) is 3. The van der Waals surface area contributed by atoms with Crippen LogP contribution in [0.3, 0.4) is 0 Å². The molecule has 3 N–H and O–H groups in total. The van der Waals surface area contributed by atoms with E-state index >= 15 is 0 Å². The number of carbonyl (C=O) groups is 1. The molecule has 7 nitrogen and oxygen atoms in total. The number of nitrogens with one attached hydrogen (secondary N) is 2. The zero-order valence-corrected chi connectivity index (χ0v) is 12.0. The third-order valence-corrected chi connectivity index (χ3v) is 2.86. The minimum Gasteiger partial charge on any atom is -0.504 e. The maximum atomic E-state index is 11.8. The maximum Gasteiger partial charge on any atom is 0.291 e. The van der Waals surface area contributed by atoms with Crippen LogP contribution >= 0.6 is 0 Å². The topological polar surface area (TPSA) is 99.6 Å². The molecule has 0 atom stereocenters. The molecule has 0 saturated carbocycles. The fourth-order valence-electron chi connectivity index (χ4n) is 1.69. The first-order chi connectivity index (χ1) is 10.0. The van der Waals surface area contributed by atoms with Gasteiger partial charge in [-0.3, -0.25) is 9.89 Å². The summed E-state index contributed by atoms with van der Waals surface area (Å²) >= 11 is 0. The maximum absolute atomic E-state index is 11.8. The summed E-state index contributed by atoms with van der Waals surface area (Å²) in [5.74, 6) is -0.00849. The molecule has 1 heterocycles. The minimum absolute atomic E-state index is 0.0464. The van der Waals surface area contributed by atoms with Crippen molar-refractivity contribution in [2.75, 3.05) is 7.11 Å². The molecule has 2 rings (SSSR count). The summed E-state index contributed by atoms with van der Waals surface area (Å²) in [6, 6.07) is 6.45. The van der Waals surface area contributed by atoms with E-state index in [1.807, 2.05) is 0 Å². The second kappa shape index (κ2) is 6.08. The van der Waals surface area contributed by atoms with Crippen LogP contribution in [-0.4, -0.2) is 34.0 Å². The highest BCUT2D eigenvalue weighted by atomic mass is 16.5. The molecule has 0 spiro atoms. The van der Waals surface area contributed by atoms with E-state index in [0.717, 1.165) is 11.3 Å². The van der Waals surface area contributed by atoms with Gasteiger partial charge in [0.25, 0.3) is 5.91 Å². The van der Waals surface area contributed by atoms with Gasteiger partial charge < -0.3 is 9.84 Å². The lowest BCUT2D eigenvalue weighted by Gasteiger charge is -2.06. The number of aromatic hydroxyl groups is 1. The molecule has 1 aromatic carbocycles. The number of rotatable bonds is 4. The highest BCUT2D eigenvalue weighted by Gasteiger charge is 2.09. The van der Waals surface area contributed by atoms with Crippen molar-refractivity contribution in [2.45, 2.75) is 13.8 Å². The highest BCUT2D eigenvalue weighted by molar-refractivity contribution is 6.00. The quantitative estimate of drug-likeness (QED) is 0.587. The van der Waals surface area contributed by atoms with Gasteiger partial charge in [-0.25, -0.2) is 5.43 Å². The number of methoxy groups -OCH3 is 1. The number of aromatic amines is 1. The number of benzene rings is 1. The molecule has 0 fully saturated rings. The summed E-state index contributed by atoms with van der Waals surface area (Å²) in [4.78, 5) is 11.8. The second-order valence-corrected chi connectivity index (χ2v) is 4.46. The molecule has 1 amide bonds. The van der Waals surface area contributed by atoms with Crippen LogP contribution < -0.4 is 10.2 Å². The van der Waals surface area contributed by atoms with Crippen molar-refractivity contribution < 1.29 is 14.6 Å². The monoisotopic (exact) mass is 288 g/mol. The fraction of sp³-hybridized carbons (Fsp3) is 0.214. The molecule has 0 radical (unpaired) electrons. The van der Waals surface area contributed by atoms with E-state index in [9.17, 15) is 9.90 Å². The number of carbonyl (C=O) groups excluding carboxylic acids is 1. The van der Waals surface area contributed by atoms with Crippen molar-refractivity contribution in [1.82, 2.24) is 15.6 Å². The van der Waals surface area contributed by atoms with Crippen molar-refractivity contribution >= 4 is 11.6 Å². The van der Waals surface area contributed by atoms with Gasteiger partial charge in [-0.2, -0.15) is 10.2 Å². The van der Waals surface area contributed by atoms with Crippen LogP contribution in [0.2, 0.25) is 0 Å². The van der Waals surface area contributed by atoms with Crippen molar-refractivity contribution in [2.24, 2.45) is 5.10 Å². The van der Waals surface area contributed by atoms with Crippen molar-refractivity contribution in [1.29, 1.82) is 0 Å². The first kappa shape index (κ1) is 14.6. The molecule has 0 saturated heterocycles. The van der Waals surface area contributed by atoms with Crippen LogP contribution in [-0.2, 0) is 0 Å². The van der Waals surface area contributed by atoms with E-state index in [1.165, 1.54) is 13.2 Å². The van der Waals surface area contributed by atoms with Gasteiger partial charge in [0.15, 0.2) is 17.2 Å². The zero-order chi connectivity index (χ0) is 15.4. The Morgan fingerprint density at radius 2 is 2.19 bits per heavy atom. The van der Waals surface area contributed by atoms with Crippen LogP contribution in [0.15, 0.2) is 29.4 Å². The van der Waals surface area contributed by atoms with Gasteiger partial charge in [-0.1, -0.05) is 0 Å². The second-order valence-electron chi connectivity index (χ2n) is 4.46. The molecule has 110 valence electrons. The van der Waals surface area contributed by atoms with Gasteiger partial charge in [-0.15, -0.1) is 0 Å². The van der Waals surface area contributed by atoms with E-state index in [-0.39, 0.29) is 11.4 Å². The van der Waals surface area contributed by atoms with Gasteiger partial charge in [0.2, 0.25) is 0 Å². The van der Waals surface area contributed by atoms with E-state index in [4.69, 9.17) is 4.74 Å². The smallest absolute Gasteiger partial charge is 0.291 e. The predicted molar refractivity (Wildman–Crippen MR) is 77.7 cm³/mol. The Kier molecular flexibility index (Phi) is 4.22. The normalized spacial score (nSPS) is 11.3. The number of nitrogens with zero attached hydrogens (tertiary/aromatic N) is 2. The number of aryl methyl sites for hydroxylation is 1. The van der Waals surface area contributed by atoms with E-state index in [1.54, 1.807) is 32.0 Å². The first-order valence-corrected chi connectivity index (χ1v) is 6.25. The van der Waals surface area contributed by atoms with Crippen molar-refractivity contribution in [3.63, 3.8) is 0 Å². The third kappa shape index (κ3) is 3.38. The molecule has 0 aliphatic heterocycles. The molecule has 0 aliphatic carbocycles. The fourth-order valence-corrected chi connectivity index (χ4v) is 1.69. The van der Waals surface area contributed by atoms with E-state index in [2.05, 4.69) is 20.7 Å². The molecule has 0 bridgehead atoms. The molecular weight excluding hydrogens is 272 g/mol. The summed E-state index contributed by atoms with van der Waals surface area (Å²) in [6.45, 7) is 3.54. The van der Waals surface area contributed by atoms with Crippen LogP contribution in [0.25, 0.3) is 0 Å². The predicted octanol–water partition coefficient (Wildman–Crippen LogP) is 1.59. The number of amides is 1. The average molecular weight is 288 g/mol. The summed E-state index contributed by atoms with van der Waals surface area (Å²) in [5, 5.41) is 20.1. The minimum atomic E-state index is -0.399. The van der Waals surface area contributed by atoms with Crippen molar-refractivity contribution in [3.05, 3.63) is 41.2 Å². The number of hydrazone groups is 1. The summed E-state index contributed by atoms with van der Waals surface area (Å²) in [6.07, 6.45) is 0. The zero-order valence-electron chi connectivity index (χ0n) is 12.0. The Morgan fingerprint density at radius 1 is 1.43 bits per heavy atom. The Bertz CT molecular complexity index is 691. The molecule has 1 aromatic heterocycles. The summed E-state index contributed by atoms with van der Waals surface area (Å²) in [7, 11) is 1.47. The first-order valence-electron chi connectivity index (χ1n) is 6.25. The van der Waals surface area contributed by atoms with Gasteiger partial charge in [-0.05, 0) is 38.1 Å². The highest BCUT2D eigenvalue weighted by Crippen LogP contribution is 2.26. The largest absolute Gasteiger partial charge is 0.504 e. The Balaban J connectivity index is 2.12. The SMILES string of the molecule is COc1cc(/C(C)=N\NC(=O)c2cc(C)[nH]n2)ccc1O. The third-order valence-electron chi connectivity index (χ3n) is 2.86. The average Bonchev–Trinajstić information content (AvgIpc) is 2.91. The van der Waals surface area contributed by atoms with Gasteiger partial charge in [0, 0.05) is 11.3 Å². The number of ether oxygens (including phenoxy) is 1. The molecule has 7 heteroatoms. The number of aromatic nitrogens is 2. The Morgan fingerprint density at radius 3 is 2.81 bits per heavy atom. The standard InChI is InChI=1S/C14H16N4O3/c1-8-6-11(17-15-8)14(20)18-16-9(2)10-4-5-12(19)13(7-10)21-3/h4-7,19H,1-3H3,(H,15,17)(H,18,20)/b16-9-. The molecule has 0 unspecified atom stereocenters. The van der Waals surface area contributed by atoms with Gasteiger partial charge in [0.1, 0.15) is 0 Å². The van der Waals surface area contributed by atoms with E-state index < -0.39 is 5.91 Å². The Hall–Kier alpha value is -2.83. The lowest BCUT2D eigenvalue weighted by molar-refractivity contribution is 0.0950. The number of H-pyrrole nitrogens is 1. The van der Waals surface area contributed by atoms with Crippen LogP contribution in [0, 0.1) is 6.92 Å². The summed E-state index contributed by atoms with van der Waals surface area (Å²) in [5.41, 5.74) is 4.79. The van der Waals surface area contributed by atoms with Gasteiger partial charge in [0.05, 0.1) is 12.8 Å². The number of phenols is 1. The summed E-state index contributed by atoms with van der Waals surface area (Å²) < 4.78 is 5.03. The molecular formula is C14H16N4O3. The molecule has 21 heavy (non-hydrogen) atoms. The van der Waals surface area contributed by atoms with Crippen LogP contribution in [0.4, 0.5) is 0 Å². The van der Waals surface area contributed by atoms with Gasteiger partial charge >= 0.3 is 0 Å². The number of phenolic OH excluding ortho intramolecular Hbond substituents is 1. The number of hydrogen-bond acceptors (Lipinski definition) is 5. The van der Waals surface area contributed by atoms with Crippen molar-refractivity contribution in [3.8, 4) is 11.5 Å². The lowest BCUT2D eigenvalue weighted by atomic mass is 10.1. The van der Waals surface area contributed by atoms with Crippen LogP contribution in [0.5, 0.6) is 11.5 Å². The molecule has 0 aliphatic rings.